The number of nitrogens with zero attached hydrogens (tertiary/aromatic N) is 2. The van der Waals surface area contributed by atoms with Gasteiger partial charge in [0.15, 0.2) is 0 Å². The molecule has 0 spiro atoms. The van der Waals surface area contributed by atoms with Crippen LogP contribution in [-0.4, -0.2) is 16.5 Å². The minimum atomic E-state index is 0.642. The topological polar surface area (TPSA) is 51.8 Å². The van der Waals surface area contributed by atoms with Gasteiger partial charge >= 0.3 is 0 Å². The summed E-state index contributed by atoms with van der Waals surface area (Å²) in [5.41, 5.74) is 8.13. The lowest BCUT2D eigenvalue weighted by Gasteiger charge is -2.21. The van der Waals surface area contributed by atoms with Gasteiger partial charge in [-0.15, -0.1) is 0 Å². The van der Waals surface area contributed by atoms with Crippen LogP contribution in [0.5, 0.6) is 0 Å². The highest BCUT2D eigenvalue weighted by Crippen LogP contribution is 2.21. The van der Waals surface area contributed by atoms with Crippen molar-refractivity contribution in [2.24, 2.45) is 11.7 Å². The van der Waals surface area contributed by atoms with Gasteiger partial charge in [-0.2, -0.15) is 0 Å². The zero-order valence-corrected chi connectivity index (χ0v) is 7.03. The van der Waals surface area contributed by atoms with E-state index in [1.165, 1.54) is 17.7 Å². The van der Waals surface area contributed by atoms with E-state index in [9.17, 15) is 0 Å². The van der Waals surface area contributed by atoms with Crippen LogP contribution in [0.3, 0.4) is 0 Å². The SMILES string of the molecule is NCC1CCc2ncncc2C1. The van der Waals surface area contributed by atoms with Crippen LogP contribution in [0, 0.1) is 5.92 Å². The smallest absolute Gasteiger partial charge is 0.115 e. The minimum Gasteiger partial charge on any atom is -0.330 e. The lowest BCUT2D eigenvalue weighted by molar-refractivity contribution is 0.461. The summed E-state index contributed by atoms with van der Waals surface area (Å²) in [6.45, 7) is 0.786. The van der Waals surface area contributed by atoms with E-state index in [4.69, 9.17) is 5.73 Å². The normalized spacial score (nSPS) is 21.9. The molecule has 1 aromatic rings. The van der Waals surface area contributed by atoms with Gasteiger partial charge in [-0.3, -0.25) is 0 Å². The molecular formula is C9H13N3. The molecular weight excluding hydrogens is 150 g/mol. The Kier molecular flexibility index (Phi) is 2.04. The van der Waals surface area contributed by atoms with Crippen molar-refractivity contribution in [3.05, 3.63) is 23.8 Å². The summed E-state index contributed by atoms with van der Waals surface area (Å²) < 4.78 is 0. The Hall–Kier alpha value is -0.960. The number of hydrogen-bond donors (Lipinski definition) is 1. The molecule has 0 radical (unpaired) electrons. The number of aromatic nitrogens is 2. The maximum atomic E-state index is 5.62. The quantitative estimate of drug-likeness (QED) is 0.657. The second-order valence-electron chi connectivity index (χ2n) is 3.34. The van der Waals surface area contributed by atoms with Crippen molar-refractivity contribution < 1.29 is 0 Å². The van der Waals surface area contributed by atoms with Crippen LogP contribution in [0.15, 0.2) is 12.5 Å². The van der Waals surface area contributed by atoms with Crippen molar-refractivity contribution in [3.8, 4) is 0 Å². The van der Waals surface area contributed by atoms with Crippen LogP contribution in [0.4, 0.5) is 0 Å². The molecule has 2 N–H and O–H groups in total. The average Bonchev–Trinajstić information content (AvgIpc) is 2.17. The number of nitrogens with two attached hydrogens (primary N) is 1. The van der Waals surface area contributed by atoms with Crippen molar-refractivity contribution in [2.45, 2.75) is 19.3 Å². The number of aryl methyl sites for hydroxylation is 1. The minimum absolute atomic E-state index is 0.642. The first kappa shape index (κ1) is 7.68. The fourth-order valence-corrected chi connectivity index (χ4v) is 1.73. The molecule has 1 heterocycles. The second-order valence-corrected chi connectivity index (χ2v) is 3.34. The molecule has 3 nitrogen and oxygen atoms in total. The molecule has 3 heteroatoms. The van der Waals surface area contributed by atoms with Gasteiger partial charge in [0.25, 0.3) is 0 Å². The molecule has 0 bridgehead atoms. The lowest BCUT2D eigenvalue weighted by Crippen LogP contribution is -2.22. The molecule has 0 aliphatic heterocycles. The third-order valence-electron chi connectivity index (χ3n) is 2.51. The van der Waals surface area contributed by atoms with E-state index >= 15 is 0 Å². The van der Waals surface area contributed by atoms with Crippen LogP contribution >= 0.6 is 0 Å². The molecule has 2 rings (SSSR count). The van der Waals surface area contributed by atoms with Gasteiger partial charge in [0.2, 0.25) is 0 Å². The highest BCUT2D eigenvalue weighted by molar-refractivity contribution is 5.19. The van der Waals surface area contributed by atoms with Crippen LogP contribution in [0.1, 0.15) is 17.7 Å². The van der Waals surface area contributed by atoms with Crippen molar-refractivity contribution >= 4 is 0 Å². The summed E-state index contributed by atoms with van der Waals surface area (Å²) in [4.78, 5) is 8.25. The molecule has 0 saturated carbocycles. The molecule has 12 heavy (non-hydrogen) atoms. The van der Waals surface area contributed by atoms with E-state index in [1.807, 2.05) is 6.20 Å². The molecule has 1 atom stereocenters. The van der Waals surface area contributed by atoms with Crippen molar-refractivity contribution in [3.63, 3.8) is 0 Å². The summed E-state index contributed by atoms with van der Waals surface area (Å²) >= 11 is 0. The first-order valence-electron chi connectivity index (χ1n) is 4.38. The Bertz CT molecular complexity index is 272. The Morgan fingerprint density at radius 3 is 3.33 bits per heavy atom. The van der Waals surface area contributed by atoms with Crippen LogP contribution in [0.2, 0.25) is 0 Å². The van der Waals surface area contributed by atoms with Crippen molar-refractivity contribution in [1.82, 2.24) is 9.97 Å². The first-order valence-corrected chi connectivity index (χ1v) is 4.38. The Labute approximate surface area is 72.0 Å². The summed E-state index contributed by atoms with van der Waals surface area (Å²) in [7, 11) is 0. The lowest BCUT2D eigenvalue weighted by atomic mass is 9.87. The third kappa shape index (κ3) is 1.32. The van der Waals surface area contributed by atoms with E-state index in [0.717, 1.165) is 19.4 Å². The number of rotatable bonds is 1. The molecule has 64 valence electrons. The van der Waals surface area contributed by atoms with Gasteiger partial charge in [-0.1, -0.05) is 0 Å². The average molecular weight is 163 g/mol. The van der Waals surface area contributed by atoms with Gasteiger partial charge in [-0.25, -0.2) is 9.97 Å². The molecule has 0 fully saturated rings. The van der Waals surface area contributed by atoms with E-state index in [2.05, 4.69) is 9.97 Å². The molecule has 1 aliphatic rings. The van der Waals surface area contributed by atoms with E-state index in [-0.39, 0.29) is 0 Å². The Morgan fingerprint density at radius 1 is 1.58 bits per heavy atom. The Morgan fingerprint density at radius 2 is 2.50 bits per heavy atom. The van der Waals surface area contributed by atoms with E-state index < -0.39 is 0 Å². The number of fused-ring (bicyclic) bond motifs is 1. The monoisotopic (exact) mass is 163 g/mol. The van der Waals surface area contributed by atoms with Gasteiger partial charge in [0.05, 0.1) is 0 Å². The fraction of sp³-hybridized carbons (Fsp3) is 0.556. The maximum Gasteiger partial charge on any atom is 0.115 e. The van der Waals surface area contributed by atoms with Gasteiger partial charge in [0, 0.05) is 11.9 Å². The van der Waals surface area contributed by atoms with Crippen molar-refractivity contribution in [2.75, 3.05) is 6.54 Å². The van der Waals surface area contributed by atoms with Crippen LogP contribution in [0.25, 0.3) is 0 Å². The number of hydrogen-bond acceptors (Lipinski definition) is 3. The van der Waals surface area contributed by atoms with Gasteiger partial charge in [-0.05, 0) is 37.3 Å². The fourth-order valence-electron chi connectivity index (χ4n) is 1.73. The van der Waals surface area contributed by atoms with Crippen LogP contribution in [-0.2, 0) is 12.8 Å². The zero-order valence-electron chi connectivity index (χ0n) is 7.03. The zero-order chi connectivity index (χ0) is 8.39. The second kappa shape index (κ2) is 3.19. The predicted molar refractivity (Wildman–Crippen MR) is 46.6 cm³/mol. The Balaban J connectivity index is 2.23. The van der Waals surface area contributed by atoms with Crippen molar-refractivity contribution in [1.29, 1.82) is 0 Å². The molecule has 0 aromatic carbocycles. The summed E-state index contributed by atoms with van der Waals surface area (Å²) in [6.07, 6.45) is 6.86. The molecule has 1 unspecified atom stereocenters. The predicted octanol–water partition coefficient (Wildman–Crippen LogP) is 0.540. The summed E-state index contributed by atoms with van der Waals surface area (Å²) in [5, 5.41) is 0. The standard InChI is InChI=1S/C9H13N3/c10-4-7-1-2-9-8(3-7)5-11-6-12-9/h5-7H,1-4,10H2. The van der Waals surface area contributed by atoms with Gasteiger partial charge < -0.3 is 5.73 Å². The molecule has 0 saturated heterocycles. The molecule has 1 aliphatic carbocycles. The molecule has 1 aromatic heterocycles. The van der Waals surface area contributed by atoms with E-state index in [1.54, 1.807) is 6.33 Å². The largest absolute Gasteiger partial charge is 0.330 e. The third-order valence-corrected chi connectivity index (χ3v) is 2.51. The van der Waals surface area contributed by atoms with Crippen LogP contribution < -0.4 is 5.73 Å². The first-order chi connectivity index (χ1) is 5.90. The molecule has 0 amide bonds. The van der Waals surface area contributed by atoms with E-state index in [0.29, 0.717) is 5.92 Å². The highest BCUT2D eigenvalue weighted by atomic mass is 14.8. The highest BCUT2D eigenvalue weighted by Gasteiger charge is 2.17. The van der Waals surface area contributed by atoms with Gasteiger partial charge in [0.1, 0.15) is 6.33 Å². The maximum absolute atomic E-state index is 5.62. The summed E-state index contributed by atoms with van der Waals surface area (Å²) in [6, 6.07) is 0. The summed E-state index contributed by atoms with van der Waals surface area (Å²) in [5.74, 6) is 0.642.